The summed E-state index contributed by atoms with van der Waals surface area (Å²) in [4.78, 5) is 14.9. The van der Waals surface area contributed by atoms with Crippen LogP contribution >= 0.6 is 0 Å². The van der Waals surface area contributed by atoms with Crippen molar-refractivity contribution in [2.75, 3.05) is 0 Å². The zero-order valence-corrected chi connectivity index (χ0v) is 9.43. The molecule has 0 fully saturated rings. The van der Waals surface area contributed by atoms with Crippen molar-refractivity contribution in [1.29, 1.82) is 0 Å². The van der Waals surface area contributed by atoms with E-state index in [1.165, 1.54) is 0 Å². The third kappa shape index (κ3) is 2.28. The molecule has 0 atom stereocenters. The second-order valence-corrected chi connectivity index (χ2v) is 2.91. The Bertz CT molecular complexity index is 486. The van der Waals surface area contributed by atoms with Gasteiger partial charge in [-0.3, -0.25) is 4.89 Å². The van der Waals surface area contributed by atoms with Crippen LogP contribution in [-0.2, 0) is 4.89 Å². The number of fused-ring (bicyclic) bond motifs is 1. The first-order valence-corrected chi connectivity index (χ1v) is 4.16. The van der Waals surface area contributed by atoms with Crippen molar-refractivity contribution in [1.82, 2.24) is 0 Å². The number of hydrogen-bond donors (Lipinski definition) is 1. The van der Waals surface area contributed by atoms with Gasteiger partial charge in [-0.05, 0) is 16.8 Å². The molecule has 1 N–H and O–H groups in total. The summed E-state index contributed by atoms with van der Waals surface area (Å²) in [6.07, 6.45) is 0. The summed E-state index contributed by atoms with van der Waals surface area (Å²) >= 11 is 0. The molecule has 0 bridgehead atoms. The summed E-state index contributed by atoms with van der Waals surface area (Å²) in [5, 5.41) is 10.0. The van der Waals surface area contributed by atoms with Crippen molar-refractivity contribution in [3.05, 3.63) is 48.0 Å². The fraction of sp³-hybridized carbons (Fsp3) is 0. The van der Waals surface area contributed by atoms with E-state index >= 15 is 0 Å². The van der Waals surface area contributed by atoms with E-state index in [0.29, 0.717) is 5.56 Å². The average molecular weight is 215 g/mol. The molecule has 3 nitrogen and oxygen atoms in total. The molecule has 0 amide bonds. The van der Waals surface area contributed by atoms with E-state index in [2.05, 4.69) is 4.89 Å². The van der Waals surface area contributed by atoms with E-state index in [-0.39, 0.29) is 25.9 Å². The molecule has 0 unspecified atom stereocenters. The smallest absolute Gasteiger partial charge is 1.00 e. The van der Waals surface area contributed by atoms with Crippen LogP contribution in [0.1, 0.15) is 13.2 Å². The van der Waals surface area contributed by atoms with Gasteiger partial charge >= 0.3 is 29.0 Å². The summed E-state index contributed by atoms with van der Waals surface area (Å²) in [5.41, 5.74) is 0.366. The van der Waals surface area contributed by atoms with Crippen molar-refractivity contribution < 1.29 is 17.8 Å². The van der Waals surface area contributed by atoms with Gasteiger partial charge in [0.2, 0.25) is 0 Å². The third-order valence-electron chi connectivity index (χ3n) is 2.09. The molecular formula is C11H10MgO3. The predicted octanol–water partition coefficient (Wildman–Crippen LogP) is 2.31. The van der Waals surface area contributed by atoms with E-state index < -0.39 is 5.97 Å². The Morgan fingerprint density at radius 3 is 2.53 bits per heavy atom. The number of rotatable bonds is 1. The third-order valence-corrected chi connectivity index (χ3v) is 2.09. The van der Waals surface area contributed by atoms with Crippen molar-refractivity contribution in [3.8, 4) is 0 Å². The SMILES string of the molecule is O=C(OO)c1cccc2ccccc12.[H-].[H-].[Mg+2]. The maximum absolute atomic E-state index is 11.2. The molecule has 0 saturated heterocycles. The standard InChI is InChI=1S/C11H8O3.Mg.2H/c12-11(14-13)10-7-3-5-8-4-1-2-6-9(8)10;;;/h1-7,13H;;;/q;+2;2*-1. The molecule has 15 heavy (non-hydrogen) atoms. The molecule has 0 heterocycles. The Morgan fingerprint density at radius 2 is 1.80 bits per heavy atom. The summed E-state index contributed by atoms with van der Waals surface area (Å²) in [6.45, 7) is 0. The molecule has 74 valence electrons. The van der Waals surface area contributed by atoms with Gasteiger partial charge in [0, 0.05) is 0 Å². The van der Waals surface area contributed by atoms with Crippen molar-refractivity contribution in [3.63, 3.8) is 0 Å². The van der Waals surface area contributed by atoms with Crippen LogP contribution in [0.5, 0.6) is 0 Å². The number of benzene rings is 2. The van der Waals surface area contributed by atoms with Gasteiger partial charge in [0.1, 0.15) is 0 Å². The Morgan fingerprint density at radius 1 is 1.13 bits per heavy atom. The Balaban J connectivity index is 0. The van der Waals surface area contributed by atoms with Gasteiger partial charge in [0.05, 0.1) is 5.56 Å². The molecule has 4 heteroatoms. The van der Waals surface area contributed by atoms with Gasteiger partial charge in [-0.2, -0.15) is 5.26 Å². The average Bonchev–Trinajstić information content (AvgIpc) is 2.27. The minimum Gasteiger partial charge on any atom is -1.00 e. The van der Waals surface area contributed by atoms with E-state index in [1.807, 2.05) is 30.3 Å². The first kappa shape index (κ1) is 12.0. The van der Waals surface area contributed by atoms with Crippen LogP contribution in [0, 0.1) is 0 Å². The van der Waals surface area contributed by atoms with E-state index in [9.17, 15) is 4.79 Å². The van der Waals surface area contributed by atoms with Crippen molar-refractivity contribution in [2.45, 2.75) is 0 Å². The maximum Gasteiger partial charge on any atom is 2.00 e. The van der Waals surface area contributed by atoms with Gasteiger partial charge < -0.3 is 2.85 Å². The fourth-order valence-corrected chi connectivity index (χ4v) is 1.45. The van der Waals surface area contributed by atoms with E-state index in [0.717, 1.165) is 10.8 Å². The topological polar surface area (TPSA) is 46.5 Å². The first-order valence-electron chi connectivity index (χ1n) is 4.16. The van der Waals surface area contributed by atoms with Gasteiger partial charge in [0.15, 0.2) is 0 Å². The van der Waals surface area contributed by atoms with E-state index in [4.69, 9.17) is 5.26 Å². The van der Waals surface area contributed by atoms with Crippen LogP contribution in [0.4, 0.5) is 0 Å². The quantitative estimate of drug-likeness (QED) is 0.450. The van der Waals surface area contributed by atoms with Crippen LogP contribution in [0.15, 0.2) is 42.5 Å². The van der Waals surface area contributed by atoms with Gasteiger partial charge in [-0.15, -0.1) is 0 Å². The Hall–Kier alpha value is -1.10. The Labute approximate surface area is 106 Å². The summed E-state index contributed by atoms with van der Waals surface area (Å²) < 4.78 is 0. The molecular weight excluding hydrogens is 204 g/mol. The van der Waals surface area contributed by atoms with Crippen LogP contribution < -0.4 is 0 Å². The van der Waals surface area contributed by atoms with Crippen LogP contribution in [0.3, 0.4) is 0 Å². The summed E-state index contributed by atoms with van der Waals surface area (Å²) in [7, 11) is 0. The number of hydrogen-bond acceptors (Lipinski definition) is 3. The largest absolute Gasteiger partial charge is 2.00 e. The molecule has 0 radical (unpaired) electrons. The molecule has 0 aliphatic rings. The van der Waals surface area contributed by atoms with Crippen LogP contribution in [0.2, 0.25) is 0 Å². The summed E-state index contributed by atoms with van der Waals surface area (Å²) in [6, 6.07) is 12.7. The van der Waals surface area contributed by atoms with Gasteiger partial charge in [-0.1, -0.05) is 36.4 Å². The van der Waals surface area contributed by atoms with Gasteiger partial charge in [-0.25, -0.2) is 4.79 Å². The normalized spacial score (nSPS) is 9.40. The fourth-order valence-electron chi connectivity index (χ4n) is 1.45. The van der Waals surface area contributed by atoms with Crippen LogP contribution in [0.25, 0.3) is 10.8 Å². The van der Waals surface area contributed by atoms with Crippen LogP contribution in [-0.4, -0.2) is 34.3 Å². The van der Waals surface area contributed by atoms with Crippen molar-refractivity contribution in [2.24, 2.45) is 0 Å². The van der Waals surface area contributed by atoms with Crippen molar-refractivity contribution >= 4 is 39.8 Å². The molecule has 0 aliphatic carbocycles. The molecule has 2 aromatic rings. The molecule has 0 aliphatic heterocycles. The number of carbonyl (C=O) groups excluding carboxylic acids is 1. The van der Waals surface area contributed by atoms with Gasteiger partial charge in [0.25, 0.3) is 0 Å². The minimum absolute atomic E-state index is 0. The minimum atomic E-state index is -0.734. The predicted molar refractivity (Wildman–Crippen MR) is 60.0 cm³/mol. The number of carbonyl (C=O) groups is 1. The molecule has 2 rings (SSSR count). The molecule has 0 aromatic heterocycles. The second kappa shape index (κ2) is 5.11. The molecule has 0 saturated carbocycles. The Kier molecular flexibility index (Phi) is 4.08. The van der Waals surface area contributed by atoms with E-state index in [1.54, 1.807) is 12.1 Å². The zero-order valence-electron chi connectivity index (χ0n) is 10.0. The summed E-state index contributed by atoms with van der Waals surface area (Å²) in [5.74, 6) is -0.734. The molecule has 2 aromatic carbocycles. The second-order valence-electron chi connectivity index (χ2n) is 2.91. The maximum atomic E-state index is 11.2. The zero-order chi connectivity index (χ0) is 9.97. The monoisotopic (exact) mass is 214 g/mol. The molecule has 0 spiro atoms. The first-order chi connectivity index (χ1) is 6.83.